The van der Waals surface area contributed by atoms with Gasteiger partial charge in [0.1, 0.15) is 17.9 Å². The summed E-state index contributed by atoms with van der Waals surface area (Å²) in [5.41, 5.74) is 5.41. The predicted molar refractivity (Wildman–Crippen MR) is 163 cm³/mol. The Labute approximate surface area is 239 Å². The van der Waals surface area contributed by atoms with Crippen molar-refractivity contribution in [2.45, 2.75) is 32.9 Å². The minimum absolute atomic E-state index is 0.0518. The Kier molecular flexibility index (Phi) is 7.09. The van der Waals surface area contributed by atoms with Crippen LogP contribution in [0.3, 0.4) is 0 Å². The fourth-order valence-electron chi connectivity index (χ4n) is 6.00. The Hall–Kier alpha value is -4.43. The lowest BCUT2D eigenvalue weighted by atomic mass is 10.0. The summed E-state index contributed by atoms with van der Waals surface area (Å²) in [5.74, 6) is 0.989. The molecule has 1 fully saturated rings. The number of pyridine rings is 2. The maximum Gasteiger partial charge on any atom is 0.274 e. The number of hydrogen-bond acceptors (Lipinski definition) is 5. The molecule has 0 spiro atoms. The van der Waals surface area contributed by atoms with Gasteiger partial charge in [-0.3, -0.25) is 14.5 Å². The molecule has 1 saturated heterocycles. The summed E-state index contributed by atoms with van der Waals surface area (Å²) < 4.78 is 7.67. The van der Waals surface area contributed by atoms with Crippen LogP contribution < -0.4 is 10.3 Å². The summed E-state index contributed by atoms with van der Waals surface area (Å²) in [6.45, 7) is 8.94. The topological polar surface area (TPSA) is 83.5 Å². The number of nitrogens with one attached hydrogen (secondary N) is 1. The number of aryl methyl sites for hydroxylation is 1. The molecule has 5 aromatic rings. The van der Waals surface area contributed by atoms with Gasteiger partial charge in [-0.05, 0) is 61.4 Å². The highest BCUT2D eigenvalue weighted by atomic mass is 16.5. The molecule has 1 aliphatic heterocycles. The molecule has 210 valence electrons. The van der Waals surface area contributed by atoms with Crippen LogP contribution in [0.4, 0.5) is 0 Å². The number of hydrogen-bond donors (Lipinski definition) is 1. The lowest BCUT2D eigenvalue weighted by molar-refractivity contribution is -0.133. The average Bonchev–Trinajstić information content (AvgIpc) is 3.46. The van der Waals surface area contributed by atoms with E-state index < -0.39 is 0 Å². The smallest absolute Gasteiger partial charge is 0.274 e. The summed E-state index contributed by atoms with van der Waals surface area (Å²) in [4.78, 5) is 36.5. The van der Waals surface area contributed by atoms with E-state index in [9.17, 15) is 9.59 Å². The van der Waals surface area contributed by atoms with Gasteiger partial charge in [0, 0.05) is 74.4 Å². The van der Waals surface area contributed by atoms with Crippen molar-refractivity contribution in [1.29, 1.82) is 0 Å². The van der Waals surface area contributed by atoms with Crippen molar-refractivity contribution in [1.82, 2.24) is 24.3 Å². The fourth-order valence-corrected chi connectivity index (χ4v) is 6.00. The molecule has 1 aliphatic rings. The molecule has 0 unspecified atom stereocenters. The summed E-state index contributed by atoms with van der Waals surface area (Å²) in [6, 6.07) is 21.1. The largest absolute Gasteiger partial charge is 0.492 e. The van der Waals surface area contributed by atoms with Gasteiger partial charge < -0.3 is 19.2 Å². The summed E-state index contributed by atoms with van der Waals surface area (Å²) in [5, 5.41) is 1.92. The molecule has 3 aromatic heterocycles. The second kappa shape index (κ2) is 10.9. The van der Waals surface area contributed by atoms with E-state index in [-0.39, 0.29) is 11.5 Å². The van der Waals surface area contributed by atoms with Crippen LogP contribution in [0.2, 0.25) is 0 Å². The molecular formula is C33H35N5O3. The molecule has 8 heteroatoms. The first-order valence-electron chi connectivity index (χ1n) is 14.1. The summed E-state index contributed by atoms with van der Waals surface area (Å²) in [7, 11) is 1.76. The van der Waals surface area contributed by atoms with Crippen LogP contribution in [-0.2, 0) is 11.8 Å². The number of carbonyl (C=O) groups is 1. The number of rotatable bonds is 6. The molecule has 6 rings (SSSR count). The van der Waals surface area contributed by atoms with E-state index >= 15 is 0 Å². The molecule has 8 nitrogen and oxygen atoms in total. The van der Waals surface area contributed by atoms with Gasteiger partial charge in [-0.2, -0.15) is 0 Å². The van der Waals surface area contributed by atoms with Gasteiger partial charge in [0.2, 0.25) is 5.91 Å². The fraction of sp³-hybridized carbons (Fsp3) is 0.303. The van der Waals surface area contributed by atoms with E-state index in [2.05, 4.69) is 54.1 Å². The number of aromatic amines is 1. The molecule has 1 N–H and O–H groups in total. The van der Waals surface area contributed by atoms with Crippen LogP contribution >= 0.6 is 0 Å². The van der Waals surface area contributed by atoms with Crippen LogP contribution in [0.1, 0.15) is 20.8 Å². The van der Waals surface area contributed by atoms with Crippen LogP contribution in [0, 0.1) is 0 Å². The SMILES string of the molecule is CC(=O)N1C[C@@H](C)N(CCOc2ccc(-c3ccc4nc(-c5cn(C)c(=O)c6[nH]ccc56)ccc4c3)cc2)[C@@H](C)C1. The minimum atomic E-state index is -0.0518. The van der Waals surface area contributed by atoms with E-state index in [1.54, 1.807) is 24.7 Å². The zero-order chi connectivity index (χ0) is 28.7. The first kappa shape index (κ1) is 26.8. The van der Waals surface area contributed by atoms with Crippen LogP contribution in [0.25, 0.3) is 44.2 Å². The van der Waals surface area contributed by atoms with Gasteiger partial charge in [-0.15, -0.1) is 0 Å². The summed E-state index contributed by atoms with van der Waals surface area (Å²) in [6.07, 6.45) is 3.64. The zero-order valence-electron chi connectivity index (χ0n) is 23.9. The Morgan fingerprint density at radius 3 is 2.46 bits per heavy atom. The van der Waals surface area contributed by atoms with Gasteiger partial charge >= 0.3 is 0 Å². The maximum absolute atomic E-state index is 12.4. The Balaban J connectivity index is 1.13. The Bertz CT molecular complexity index is 1780. The van der Waals surface area contributed by atoms with E-state index in [1.807, 2.05) is 41.4 Å². The highest BCUT2D eigenvalue weighted by molar-refractivity contribution is 5.95. The second-order valence-electron chi connectivity index (χ2n) is 11.1. The number of ether oxygens (including phenoxy) is 1. The molecule has 2 atom stereocenters. The Morgan fingerprint density at radius 1 is 1.00 bits per heavy atom. The molecule has 0 aliphatic carbocycles. The number of nitrogens with zero attached hydrogens (tertiary/aromatic N) is 4. The average molecular weight is 550 g/mol. The zero-order valence-corrected chi connectivity index (χ0v) is 23.9. The maximum atomic E-state index is 12.4. The molecular weight excluding hydrogens is 514 g/mol. The van der Waals surface area contributed by atoms with Crippen LogP contribution in [-0.4, -0.2) is 68.6 Å². The van der Waals surface area contributed by atoms with Crippen molar-refractivity contribution in [3.8, 4) is 28.1 Å². The van der Waals surface area contributed by atoms with E-state index in [0.29, 0.717) is 24.2 Å². The number of amides is 1. The van der Waals surface area contributed by atoms with E-state index in [1.165, 1.54) is 0 Å². The lowest BCUT2D eigenvalue weighted by Gasteiger charge is -2.44. The minimum Gasteiger partial charge on any atom is -0.492 e. The molecule has 41 heavy (non-hydrogen) atoms. The monoisotopic (exact) mass is 549 g/mol. The Morgan fingerprint density at radius 2 is 1.73 bits per heavy atom. The number of aromatic nitrogens is 3. The summed E-state index contributed by atoms with van der Waals surface area (Å²) >= 11 is 0. The first-order valence-corrected chi connectivity index (χ1v) is 14.1. The third-order valence-electron chi connectivity index (χ3n) is 8.21. The number of carbonyl (C=O) groups excluding carboxylic acids is 1. The lowest BCUT2D eigenvalue weighted by Crippen LogP contribution is -2.58. The van der Waals surface area contributed by atoms with Crippen molar-refractivity contribution in [3.05, 3.63) is 83.4 Å². The van der Waals surface area contributed by atoms with Gasteiger partial charge in [-0.25, -0.2) is 4.98 Å². The van der Waals surface area contributed by atoms with Gasteiger partial charge in [0.25, 0.3) is 5.56 Å². The molecule has 0 bridgehead atoms. The first-order chi connectivity index (χ1) is 19.8. The van der Waals surface area contributed by atoms with Crippen molar-refractivity contribution < 1.29 is 9.53 Å². The van der Waals surface area contributed by atoms with Crippen molar-refractivity contribution in [2.75, 3.05) is 26.2 Å². The number of piperazine rings is 1. The van der Waals surface area contributed by atoms with Gasteiger partial charge in [0.15, 0.2) is 0 Å². The van der Waals surface area contributed by atoms with Gasteiger partial charge in [0.05, 0.1) is 11.2 Å². The molecule has 1 amide bonds. The third kappa shape index (κ3) is 5.23. The standard InChI is InChI=1S/C33H35N5O3/c1-21-18-37(23(3)39)19-22(2)38(21)15-16-41-27-9-5-24(6-10-27)25-7-11-30-26(17-25)8-12-31(35-30)29-20-36(4)33(40)32-28(29)13-14-34-32/h5-14,17,20-22,34H,15-16,18-19H2,1-4H3/t21-,22+. The van der Waals surface area contributed by atoms with Crippen molar-refractivity contribution in [2.24, 2.45) is 7.05 Å². The highest BCUT2D eigenvalue weighted by Gasteiger charge is 2.30. The number of H-pyrrole nitrogens is 1. The molecule has 0 saturated carbocycles. The van der Waals surface area contributed by atoms with Gasteiger partial charge in [-0.1, -0.05) is 24.3 Å². The van der Waals surface area contributed by atoms with Crippen molar-refractivity contribution >= 4 is 27.7 Å². The van der Waals surface area contributed by atoms with Crippen molar-refractivity contribution in [3.63, 3.8) is 0 Å². The van der Waals surface area contributed by atoms with E-state index in [0.717, 1.165) is 64.1 Å². The molecule has 0 radical (unpaired) electrons. The number of fused-ring (bicyclic) bond motifs is 2. The highest BCUT2D eigenvalue weighted by Crippen LogP contribution is 2.30. The predicted octanol–water partition coefficient (Wildman–Crippen LogP) is 5.07. The van der Waals surface area contributed by atoms with Crippen LogP contribution in [0.15, 0.2) is 77.9 Å². The van der Waals surface area contributed by atoms with E-state index in [4.69, 9.17) is 9.72 Å². The van der Waals surface area contributed by atoms with Crippen LogP contribution in [0.5, 0.6) is 5.75 Å². The second-order valence-corrected chi connectivity index (χ2v) is 11.1. The quantitative estimate of drug-likeness (QED) is 0.320. The molecule has 2 aromatic carbocycles. The normalized spacial score (nSPS) is 17.8. The number of benzene rings is 2. The molecule has 4 heterocycles. The third-order valence-corrected chi connectivity index (χ3v) is 8.21.